The van der Waals surface area contributed by atoms with Gasteiger partial charge in [0.1, 0.15) is 28.1 Å². The highest BCUT2D eigenvalue weighted by molar-refractivity contribution is 7.16. The van der Waals surface area contributed by atoms with Crippen molar-refractivity contribution in [2.24, 2.45) is 5.73 Å². The number of methoxy groups -OCH3 is 2. The Bertz CT molecular complexity index is 1570. The van der Waals surface area contributed by atoms with Crippen molar-refractivity contribution < 1.29 is 33.7 Å². The molecule has 14 heteroatoms. The number of ether oxygens (including phenoxy) is 3. The van der Waals surface area contributed by atoms with Crippen molar-refractivity contribution in [2.45, 2.75) is 13.0 Å². The molecule has 0 fully saturated rings. The number of amides is 2. The Morgan fingerprint density at radius 2 is 1.83 bits per heavy atom. The molecule has 42 heavy (non-hydrogen) atoms. The molecule has 224 valence electrons. The molecule has 4 rings (SSSR count). The number of carboxylic acid groups (broad SMARTS) is 1. The number of likely N-dealkylation sites (N-methyl/N-ethyl adjacent to an activating group) is 1. The third kappa shape index (κ3) is 7.49. The molecule has 2 amide bonds. The maximum absolute atomic E-state index is 12.6. The molecule has 12 nitrogen and oxygen atoms in total. The van der Waals surface area contributed by atoms with Crippen LogP contribution in [-0.2, 0) is 4.79 Å². The molecule has 0 radical (unpaired) electrons. The van der Waals surface area contributed by atoms with Crippen LogP contribution in [0.5, 0.6) is 17.2 Å². The number of imidazole rings is 1. The number of hydrogen-bond acceptors (Lipinski definition) is 9. The van der Waals surface area contributed by atoms with Gasteiger partial charge in [-0.3, -0.25) is 19.0 Å². The van der Waals surface area contributed by atoms with Gasteiger partial charge >= 0.3 is 0 Å². The van der Waals surface area contributed by atoms with Gasteiger partial charge in [0.2, 0.25) is 0 Å². The van der Waals surface area contributed by atoms with Gasteiger partial charge in [-0.1, -0.05) is 11.6 Å². The van der Waals surface area contributed by atoms with Crippen LogP contribution in [0.4, 0.5) is 0 Å². The molecule has 0 bridgehead atoms. The van der Waals surface area contributed by atoms with Crippen molar-refractivity contribution >= 4 is 52.3 Å². The predicted octanol–water partition coefficient (Wildman–Crippen LogP) is 3.99. The van der Waals surface area contributed by atoms with Gasteiger partial charge in [0.05, 0.1) is 25.3 Å². The standard InChI is InChI=1S/C27H30ClN5O5S.CH2O2/c1-15(17-10-16(6-7-18(17)28)27(35)30-8-9-32(2)3)38-23-13-24(39-25(23)26(29)34)33-14-31-19-11-21(36-4)22(37-5)12-20(19)33;2-1-3/h6-7,10-15H,8-9H2,1-5H3,(H2,29,34)(H,30,35);1H,(H,2,3)/t15-;/m1./s1. The average molecular weight is 618 g/mol. The molecule has 2 heterocycles. The number of benzene rings is 2. The van der Waals surface area contributed by atoms with E-state index in [4.69, 9.17) is 41.4 Å². The van der Waals surface area contributed by atoms with E-state index in [2.05, 4.69) is 10.3 Å². The third-order valence-electron chi connectivity index (χ3n) is 6.04. The monoisotopic (exact) mass is 617 g/mol. The van der Waals surface area contributed by atoms with E-state index in [-0.39, 0.29) is 17.3 Å². The van der Waals surface area contributed by atoms with Gasteiger partial charge in [-0.25, -0.2) is 4.98 Å². The lowest BCUT2D eigenvalue weighted by atomic mass is 10.1. The summed E-state index contributed by atoms with van der Waals surface area (Å²) in [5.41, 5.74) is 8.20. The number of aromatic nitrogens is 2. The van der Waals surface area contributed by atoms with Crippen LogP contribution in [0.3, 0.4) is 0 Å². The number of halogens is 1. The van der Waals surface area contributed by atoms with Gasteiger partial charge in [0.25, 0.3) is 18.3 Å². The SMILES string of the molecule is COc1cc2ncn(-c3cc(O[C@H](C)c4cc(C(=O)NCCN(C)C)ccc4Cl)c(C(N)=O)s3)c2cc1OC.O=CO. The molecule has 0 unspecified atom stereocenters. The zero-order valence-corrected chi connectivity index (χ0v) is 25.3. The summed E-state index contributed by atoms with van der Waals surface area (Å²) < 4.78 is 18.8. The van der Waals surface area contributed by atoms with Crippen LogP contribution in [0.2, 0.25) is 5.02 Å². The molecule has 0 aliphatic heterocycles. The summed E-state index contributed by atoms with van der Waals surface area (Å²) in [5, 5.41) is 10.9. The molecule has 4 aromatic rings. The van der Waals surface area contributed by atoms with E-state index < -0.39 is 12.0 Å². The zero-order valence-electron chi connectivity index (χ0n) is 23.7. The molecule has 0 saturated carbocycles. The summed E-state index contributed by atoms with van der Waals surface area (Å²) in [7, 11) is 6.99. The van der Waals surface area contributed by atoms with Crippen molar-refractivity contribution in [3.63, 3.8) is 0 Å². The Hall–Kier alpha value is -4.33. The number of rotatable bonds is 11. The fourth-order valence-electron chi connectivity index (χ4n) is 4.00. The number of nitrogens with zero attached hydrogens (tertiary/aromatic N) is 3. The Morgan fingerprint density at radius 1 is 1.17 bits per heavy atom. The van der Waals surface area contributed by atoms with E-state index in [9.17, 15) is 9.59 Å². The topological polar surface area (TPSA) is 158 Å². The minimum Gasteiger partial charge on any atom is -0.493 e. The quantitative estimate of drug-likeness (QED) is 0.212. The van der Waals surface area contributed by atoms with Gasteiger partial charge in [0.15, 0.2) is 11.5 Å². The first kappa shape index (κ1) is 32.2. The lowest BCUT2D eigenvalue weighted by Gasteiger charge is -2.17. The molecule has 0 saturated heterocycles. The van der Waals surface area contributed by atoms with Crippen LogP contribution in [0, 0.1) is 0 Å². The largest absolute Gasteiger partial charge is 0.493 e. The smallest absolute Gasteiger partial charge is 0.290 e. The number of nitrogens with two attached hydrogens (primary N) is 1. The van der Waals surface area contributed by atoms with Crippen LogP contribution in [-0.4, -0.2) is 79.2 Å². The lowest BCUT2D eigenvalue weighted by Crippen LogP contribution is -2.31. The number of nitrogens with one attached hydrogen (secondary N) is 1. The molecule has 4 N–H and O–H groups in total. The number of primary amides is 1. The van der Waals surface area contributed by atoms with Crippen LogP contribution in [0.1, 0.15) is 38.6 Å². The van der Waals surface area contributed by atoms with Crippen molar-refractivity contribution in [1.29, 1.82) is 0 Å². The van der Waals surface area contributed by atoms with E-state index >= 15 is 0 Å². The van der Waals surface area contributed by atoms with Crippen LogP contribution < -0.4 is 25.3 Å². The highest BCUT2D eigenvalue weighted by Gasteiger charge is 2.22. The Kier molecular flexibility index (Phi) is 11.1. The predicted molar refractivity (Wildman–Crippen MR) is 161 cm³/mol. The first-order chi connectivity index (χ1) is 20.0. The number of carbonyl (C=O) groups excluding carboxylic acids is 2. The molecule has 0 aliphatic rings. The molecular weight excluding hydrogens is 586 g/mol. The molecule has 2 aromatic carbocycles. The second-order valence-corrected chi connectivity index (χ2v) is 10.6. The minimum absolute atomic E-state index is 0.211. The van der Waals surface area contributed by atoms with Gasteiger partial charge in [0, 0.05) is 47.4 Å². The highest BCUT2D eigenvalue weighted by atomic mass is 35.5. The molecule has 0 spiro atoms. The van der Waals surface area contributed by atoms with Crippen molar-refractivity contribution in [2.75, 3.05) is 41.4 Å². The van der Waals surface area contributed by atoms with Gasteiger partial charge in [-0.2, -0.15) is 0 Å². The fourth-order valence-corrected chi connectivity index (χ4v) is 5.20. The summed E-state index contributed by atoms with van der Waals surface area (Å²) in [6.07, 6.45) is 1.05. The molecule has 1 atom stereocenters. The normalized spacial score (nSPS) is 11.4. The van der Waals surface area contributed by atoms with E-state index in [0.717, 1.165) is 5.52 Å². The second kappa shape index (κ2) is 14.5. The first-order valence-corrected chi connectivity index (χ1v) is 13.7. The summed E-state index contributed by atoms with van der Waals surface area (Å²) in [5.74, 6) is 0.564. The Balaban J connectivity index is 0.00000155. The second-order valence-electron chi connectivity index (χ2n) is 9.11. The maximum Gasteiger partial charge on any atom is 0.290 e. The summed E-state index contributed by atoms with van der Waals surface area (Å²) in [6.45, 7) is 2.77. The number of fused-ring (bicyclic) bond motifs is 1. The average Bonchev–Trinajstić information content (AvgIpc) is 3.56. The Morgan fingerprint density at radius 3 is 2.45 bits per heavy atom. The number of hydrogen-bond donors (Lipinski definition) is 3. The molecule has 0 aliphatic carbocycles. The van der Waals surface area contributed by atoms with Gasteiger partial charge in [-0.05, 0) is 39.2 Å². The summed E-state index contributed by atoms with van der Waals surface area (Å²) in [4.78, 5) is 40.0. The summed E-state index contributed by atoms with van der Waals surface area (Å²) >= 11 is 7.65. The van der Waals surface area contributed by atoms with Crippen molar-refractivity contribution in [3.8, 4) is 22.2 Å². The van der Waals surface area contributed by atoms with Crippen LogP contribution in [0.15, 0.2) is 42.7 Å². The molecular formula is C28H32ClN5O7S. The van der Waals surface area contributed by atoms with Crippen molar-refractivity contribution in [3.05, 3.63) is 63.8 Å². The van der Waals surface area contributed by atoms with E-state index in [0.29, 0.717) is 57.0 Å². The number of thiophene rings is 1. The van der Waals surface area contributed by atoms with Crippen LogP contribution >= 0.6 is 22.9 Å². The zero-order chi connectivity index (χ0) is 31.0. The highest BCUT2D eigenvalue weighted by Crippen LogP contribution is 2.39. The van der Waals surface area contributed by atoms with E-state index in [1.54, 1.807) is 57.8 Å². The Labute approximate surface area is 251 Å². The van der Waals surface area contributed by atoms with Crippen molar-refractivity contribution in [1.82, 2.24) is 19.8 Å². The number of carbonyl (C=O) groups is 3. The maximum atomic E-state index is 12.6. The third-order valence-corrected chi connectivity index (χ3v) is 7.52. The molecule has 2 aromatic heterocycles. The lowest BCUT2D eigenvalue weighted by molar-refractivity contribution is -0.122. The van der Waals surface area contributed by atoms with E-state index in [1.807, 2.05) is 29.6 Å². The van der Waals surface area contributed by atoms with Gasteiger partial charge in [-0.15, -0.1) is 11.3 Å². The fraction of sp³-hybridized carbons (Fsp3) is 0.286. The minimum atomic E-state index is -0.628. The first-order valence-electron chi connectivity index (χ1n) is 12.5. The summed E-state index contributed by atoms with van der Waals surface area (Å²) in [6, 6.07) is 10.3. The van der Waals surface area contributed by atoms with Gasteiger partial charge < -0.3 is 35.3 Å². The van der Waals surface area contributed by atoms with E-state index in [1.165, 1.54) is 11.3 Å². The van der Waals surface area contributed by atoms with Crippen LogP contribution in [0.25, 0.3) is 16.0 Å².